The highest BCUT2D eigenvalue weighted by molar-refractivity contribution is 7.52. The van der Waals surface area contributed by atoms with Crippen molar-refractivity contribution in [3.8, 4) is 0 Å². The van der Waals surface area contributed by atoms with E-state index in [1.54, 1.807) is 6.08 Å². The van der Waals surface area contributed by atoms with Gasteiger partial charge in [0.1, 0.15) is 6.04 Å². The van der Waals surface area contributed by atoms with Crippen molar-refractivity contribution < 1.29 is 24.3 Å². The largest absolute Gasteiger partial charge is 0.480 e. The molecule has 1 aliphatic heterocycles. The molecule has 0 unspecified atom stereocenters. The Balaban J connectivity index is 2.80. The summed E-state index contributed by atoms with van der Waals surface area (Å²) >= 11 is 0. The van der Waals surface area contributed by atoms with Crippen molar-refractivity contribution in [2.45, 2.75) is 6.04 Å². The van der Waals surface area contributed by atoms with E-state index in [4.69, 9.17) is 20.3 Å². The minimum Gasteiger partial charge on any atom is -0.480 e. The molecule has 5 N–H and O–H groups in total. The van der Waals surface area contributed by atoms with Crippen LogP contribution >= 0.6 is 7.60 Å². The summed E-state index contributed by atoms with van der Waals surface area (Å²) < 4.78 is 10.7. The lowest BCUT2D eigenvalue weighted by atomic mass is 9.92. The van der Waals surface area contributed by atoms with E-state index in [2.05, 4.69) is 5.32 Å². The van der Waals surface area contributed by atoms with Gasteiger partial charge in [-0.3, -0.25) is 9.36 Å². The fourth-order valence-corrected chi connectivity index (χ4v) is 2.19. The monoisotopic (exact) mass is 248 g/mol. The average Bonchev–Trinajstić information content (AvgIpc) is 2.15. The highest BCUT2D eigenvalue weighted by Gasteiger charge is 2.33. The first-order valence-electron chi connectivity index (χ1n) is 4.56. The molecule has 1 heterocycles. The standard InChI is InChI=1S/C8H13N2O5P/c9-6(4-16(13,14)15)5-2-1-3-10-7(5)8(11)12/h1-2,5,7,9-10H,3-4H2,(H,11,12)(H2,13,14,15)/t5-,7-/m1/s1. The molecule has 0 saturated heterocycles. The molecule has 0 aromatic heterocycles. The van der Waals surface area contributed by atoms with Crippen LogP contribution in [0.15, 0.2) is 12.2 Å². The van der Waals surface area contributed by atoms with Crippen molar-refractivity contribution in [3.63, 3.8) is 0 Å². The molecule has 0 aliphatic carbocycles. The summed E-state index contributed by atoms with van der Waals surface area (Å²) in [5, 5.41) is 19.0. The van der Waals surface area contributed by atoms with Crippen molar-refractivity contribution >= 4 is 19.3 Å². The summed E-state index contributed by atoms with van der Waals surface area (Å²) in [5.41, 5.74) is -0.274. The third-order valence-electron chi connectivity index (χ3n) is 2.20. The zero-order chi connectivity index (χ0) is 12.3. The van der Waals surface area contributed by atoms with Gasteiger partial charge in [0.2, 0.25) is 0 Å². The minimum atomic E-state index is -4.32. The van der Waals surface area contributed by atoms with Crippen LogP contribution in [0, 0.1) is 11.3 Å². The van der Waals surface area contributed by atoms with E-state index in [-0.39, 0.29) is 5.71 Å². The second-order valence-corrected chi connectivity index (χ2v) is 5.17. The van der Waals surface area contributed by atoms with Gasteiger partial charge in [-0.05, 0) is 0 Å². The summed E-state index contributed by atoms with van der Waals surface area (Å²) in [6.07, 6.45) is 2.42. The Bertz CT molecular complexity index is 375. The highest BCUT2D eigenvalue weighted by Crippen LogP contribution is 2.35. The van der Waals surface area contributed by atoms with Crippen LogP contribution in [0.2, 0.25) is 0 Å². The molecule has 2 atom stereocenters. The van der Waals surface area contributed by atoms with Gasteiger partial charge < -0.3 is 25.6 Å². The maximum absolute atomic E-state index is 10.8. The highest BCUT2D eigenvalue weighted by atomic mass is 31.2. The molecular formula is C8H13N2O5P. The van der Waals surface area contributed by atoms with Crippen LogP contribution in [0.25, 0.3) is 0 Å². The average molecular weight is 248 g/mol. The van der Waals surface area contributed by atoms with Crippen molar-refractivity contribution in [3.05, 3.63) is 12.2 Å². The summed E-state index contributed by atoms with van der Waals surface area (Å²) in [6.45, 7) is 0.372. The molecule has 16 heavy (non-hydrogen) atoms. The molecule has 0 fully saturated rings. The Morgan fingerprint density at radius 2 is 2.19 bits per heavy atom. The van der Waals surface area contributed by atoms with Crippen LogP contribution in [0.5, 0.6) is 0 Å². The Labute approximate surface area is 91.8 Å². The predicted molar refractivity (Wildman–Crippen MR) is 56.7 cm³/mol. The van der Waals surface area contributed by atoms with Crippen LogP contribution in [-0.2, 0) is 9.36 Å². The predicted octanol–water partition coefficient (Wildman–Crippen LogP) is -0.587. The second-order valence-electron chi connectivity index (χ2n) is 3.53. The molecule has 0 aromatic rings. The van der Waals surface area contributed by atoms with Gasteiger partial charge in [-0.2, -0.15) is 0 Å². The van der Waals surface area contributed by atoms with Gasteiger partial charge >= 0.3 is 13.6 Å². The lowest BCUT2D eigenvalue weighted by molar-refractivity contribution is -0.140. The van der Waals surface area contributed by atoms with E-state index in [0.29, 0.717) is 6.54 Å². The van der Waals surface area contributed by atoms with Gasteiger partial charge in [-0.1, -0.05) is 12.2 Å². The summed E-state index contributed by atoms with van der Waals surface area (Å²) in [7, 11) is -4.32. The molecule has 0 amide bonds. The lowest BCUT2D eigenvalue weighted by Crippen LogP contribution is -2.47. The Morgan fingerprint density at radius 1 is 1.56 bits per heavy atom. The fraction of sp³-hybridized carbons (Fsp3) is 0.500. The normalized spacial score (nSPS) is 25.4. The maximum atomic E-state index is 10.8. The maximum Gasteiger partial charge on any atom is 0.331 e. The molecule has 0 radical (unpaired) electrons. The number of rotatable bonds is 4. The Morgan fingerprint density at radius 3 is 2.69 bits per heavy atom. The lowest BCUT2D eigenvalue weighted by Gasteiger charge is -2.26. The smallest absolute Gasteiger partial charge is 0.331 e. The summed E-state index contributed by atoms with van der Waals surface area (Å²) in [4.78, 5) is 28.3. The van der Waals surface area contributed by atoms with Gasteiger partial charge in [0.25, 0.3) is 0 Å². The van der Waals surface area contributed by atoms with E-state index in [9.17, 15) is 9.36 Å². The van der Waals surface area contributed by atoms with E-state index >= 15 is 0 Å². The van der Waals surface area contributed by atoms with E-state index in [1.807, 2.05) is 0 Å². The molecule has 0 bridgehead atoms. The minimum absolute atomic E-state index is 0.274. The zero-order valence-electron chi connectivity index (χ0n) is 8.33. The molecule has 90 valence electrons. The molecule has 0 saturated carbocycles. The van der Waals surface area contributed by atoms with E-state index < -0.39 is 31.7 Å². The van der Waals surface area contributed by atoms with Crippen LogP contribution < -0.4 is 5.32 Å². The van der Waals surface area contributed by atoms with Crippen LogP contribution in [-0.4, -0.2) is 45.3 Å². The number of carboxylic acid groups (broad SMARTS) is 1. The Kier molecular flexibility index (Phi) is 3.98. The zero-order valence-corrected chi connectivity index (χ0v) is 9.22. The molecule has 8 heteroatoms. The van der Waals surface area contributed by atoms with E-state index in [1.165, 1.54) is 6.08 Å². The number of nitrogens with one attached hydrogen (secondary N) is 2. The topological polar surface area (TPSA) is 131 Å². The SMILES string of the molecule is N=C(CP(=O)(O)O)[C@H]1C=CCN[C@H]1C(=O)O. The molecule has 1 rings (SSSR count). The second kappa shape index (κ2) is 4.88. The van der Waals surface area contributed by atoms with Crippen LogP contribution in [0.4, 0.5) is 0 Å². The molecule has 0 spiro atoms. The number of carbonyl (C=O) groups is 1. The Hall–Kier alpha value is -1.01. The van der Waals surface area contributed by atoms with Gasteiger partial charge in [-0.15, -0.1) is 0 Å². The third-order valence-corrected chi connectivity index (χ3v) is 2.96. The summed E-state index contributed by atoms with van der Waals surface area (Å²) in [5.74, 6) is -1.94. The number of carboxylic acids is 1. The van der Waals surface area contributed by atoms with Gasteiger partial charge in [0.05, 0.1) is 6.16 Å². The van der Waals surface area contributed by atoms with E-state index in [0.717, 1.165) is 0 Å². The van der Waals surface area contributed by atoms with Gasteiger partial charge in [0, 0.05) is 18.2 Å². The first-order valence-corrected chi connectivity index (χ1v) is 6.36. The van der Waals surface area contributed by atoms with Crippen LogP contribution in [0.1, 0.15) is 0 Å². The van der Waals surface area contributed by atoms with Crippen molar-refractivity contribution in [2.75, 3.05) is 12.7 Å². The molecule has 0 aromatic carbocycles. The number of hydrogen-bond acceptors (Lipinski definition) is 4. The third kappa shape index (κ3) is 3.53. The molecule has 1 aliphatic rings. The van der Waals surface area contributed by atoms with Gasteiger partial charge in [0.15, 0.2) is 0 Å². The quantitative estimate of drug-likeness (QED) is 0.257. The first kappa shape index (κ1) is 13.1. The number of hydrogen-bond donors (Lipinski definition) is 5. The van der Waals surface area contributed by atoms with Gasteiger partial charge in [-0.25, -0.2) is 0 Å². The number of aliphatic carboxylic acids is 1. The van der Waals surface area contributed by atoms with Crippen molar-refractivity contribution in [2.24, 2.45) is 5.92 Å². The molecular weight excluding hydrogens is 235 g/mol. The summed E-state index contributed by atoms with van der Waals surface area (Å²) in [6, 6.07) is -0.996. The van der Waals surface area contributed by atoms with Crippen molar-refractivity contribution in [1.82, 2.24) is 5.32 Å². The first-order chi connectivity index (χ1) is 7.31. The van der Waals surface area contributed by atoms with Crippen molar-refractivity contribution in [1.29, 1.82) is 5.41 Å². The van der Waals surface area contributed by atoms with Crippen LogP contribution in [0.3, 0.4) is 0 Å². The fourth-order valence-electron chi connectivity index (χ4n) is 1.53. The molecule has 7 nitrogen and oxygen atoms in total.